The zero-order valence-corrected chi connectivity index (χ0v) is 12.3. The molecule has 0 fully saturated rings. The van der Waals surface area contributed by atoms with Crippen molar-refractivity contribution in [3.63, 3.8) is 0 Å². The minimum absolute atomic E-state index is 0.00162. The van der Waals surface area contributed by atoms with E-state index in [9.17, 15) is 4.79 Å². The number of rotatable bonds is 2. The van der Waals surface area contributed by atoms with Crippen molar-refractivity contribution in [2.24, 2.45) is 0 Å². The monoisotopic (exact) mass is 328 g/mol. The Morgan fingerprint density at radius 2 is 1.85 bits per heavy atom. The molecule has 4 heteroatoms. The number of hydrogen-bond donors (Lipinski definition) is 1. The number of nitrogens with zero attached hydrogens (tertiary/aromatic N) is 1. The molecule has 3 rings (SSSR count). The highest BCUT2D eigenvalue weighted by Crippen LogP contribution is 2.23. The minimum Gasteiger partial charge on any atom is -0.398 e. The Kier molecular flexibility index (Phi) is 3.32. The standard InChI is InChI=1S/C16H13BrN2O/c17-14-6-3-7-15(18)13(14)10-19-9-8-11-4-1-2-5-12(11)16(19)20/h1-9H,10,18H2. The molecule has 100 valence electrons. The van der Waals surface area contributed by atoms with Crippen LogP contribution in [0, 0.1) is 0 Å². The lowest BCUT2D eigenvalue weighted by atomic mass is 10.1. The van der Waals surface area contributed by atoms with Crippen LogP contribution in [0.2, 0.25) is 0 Å². The van der Waals surface area contributed by atoms with Crippen molar-refractivity contribution in [2.75, 3.05) is 5.73 Å². The average Bonchev–Trinajstić information content (AvgIpc) is 2.45. The summed E-state index contributed by atoms with van der Waals surface area (Å²) in [4.78, 5) is 12.5. The smallest absolute Gasteiger partial charge is 0.258 e. The van der Waals surface area contributed by atoms with E-state index in [1.165, 1.54) is 0 Å². The van der Waals surface area contributed by atoms with Gasteiger partial charge in [0, 0.05) is 27.3 Å². The highest BCUT2D eigenvalue weighted by atomic mass is 79.9. The molecule has 2 N–H and O–H groups in total. The lowest BCUT2D eigenvalue weighted by Gasteiger charge is -2.11. The Morgan fingerprint density at radius 3 is 2.65 bits per heavy atom. The second-order valence-corrected chi connectivity index (χ2v) is 5.50. The molecule has 2 aromatic carbocycles. The summed E-state index contributed by atoms with van der Waals surface area (Å²) in [5, 5.41) is 1.68. The highest BCUT2D eigenvalue weighted by molar-refractivity contribution is 9.10. The maximum absolute atomic E-state index is 12.5. The third-order valence-corrected chi connectivity index (χ3v) is 4.11. The van der Waals surface area contributed by atoms with E-state index in [1.807, 2.05) is 54.7 Å². The topological polar surface area (TPSA) is 48.0 Å². The lowest BCUT2D eigenvalue weighted by Crippen LogP contribution is -2.20. The van der Waals surface area contributed by atoms with Crippen LogP contribution in [-0.2, 0) is 6.54 Å². The Bertz CT molecular complexity index is 819. The first-order chi connectivity index (χ1) is 9.66. The first-order valence-corrected chi connectivity index (χ1v) is 7.07. The summed E-state index contributed by atoms with van der Waals surface area (Å²) in [5.41, 5.74) is 7.59. The summed E-state index contributed by atoms with van der Waals surface area (Å²) in [6.45, 7) is 0.455. The van der Waals surface area contributed by atoms with Crippen LogP contribution >= 0.6 is 15.9 Å². The molecule has 3 nitrogen and oxygen atoms in total. The Balaban J connectivity index is 2.12. The zero-order chi connectivity index (χ0) is 14.1. The molecule has 1 aromatic heterocycles. The van der Waals surface area contributed by atoms with Crippen LogP contribution in [-0.4, -0.2) is 4.57 Å². The van der Waals surface area contributed by atoms with Crippen molar-refractivity contribution in [3.8, 4) is 0 Å². The third-order valence-electron chi connectivity index (χ3n) is 3.37. The second kappa shape index (κ2) is 5.13. The average molecular weight is 329 g/mol. The molecule has 0 saturated carbocycles. The molecule has 0 aliphatic heterocycles. The molecular weight excluding hydrogens is 316 g/mol. The van der Waals surface area contributed by atoms with Crippen LogP contribution in [0.5, 0.6) is 0 Å². The van der Waals surface area contributed by atoms with Crippen molar-refractivity contribution in [2.45, 2.75) is 6.54 Å². The van der Waals surface area contributed by atoms with Gasteiger partial charge in [-0.2, -0.15) is 0 Å². The van der Waals surface area contributed by atoms with Crippen LogP contribution < -0.4 is 11.3 Å². The Hall–Kier alpha value is -2.07. The fourth-order valence-corrected chi connectivity index (χ4v) is 2.77. The van der Waals surface area contributed by atoms with Crippen LogP contribution in [0.4, 0.5) is 5.69 Å². The van der Waals surface area contributed by atoms with E-state index in [0.29, 0.717) is 12.2 Å². The van der Waals surface area contributed by atoms with Crippen LogP contribution in [0.3, 0.4) is 0 Å². The predicted molar refractivity (Wildman–Crippen MR) is 85.9 cm³/mol. The maximum Gasteiger partial charge on any atom is 0.258 e. The number of nitrogens with two attached hydrogens (primary N) is 1. The van der Waals surface area contributed by atoms with Gasteiger partial charge in [0.2, 0.25) is 0 Å². The fourth-order valence-electron chi connectivity index (χ4n) is 2.27. The molecule has 0 unspecified atom stereocenters. The van der Waals surface area contributed by atoms with Gasteiger partial charge in [-0.3, -0.25) is 4.79 Å². The molecule has 1 heterocycles. The lowest BCUT2D eigenvalue weighted by molar-refractivity contribution is 0.767. The molecule has 3 aromatic rings. The number of nitrogen functional groups attached to an aromatic ring is 1. The first kappa shape index (κ1) is 12.9. The van der Waals surface area contributed by atoms with Crippen molar-refractivity contribution in [3.05, 3.63) is 75.1 Å². The first-order valence-electron chi connectivity index (χ1n) is 6.28. The molecule has 0 atom stereocenters. The van der Waals surface area contributed by atoms with Crippen LogP contribution in [0.25, 0.3) is 10.8 Å². The van der Waals surface area contributed by atoms with E-state index in [1.54, 1.807) is 4.57 Å². The molecule has 0 aliphatic rings. The van der Waals surface area contributed by atoms with E-state index in [4.69, 9.17) is 5.73 Å². The number of fused-ring (bicyclic) bond motifs is 1. The number of pyridine rings is 1. The SMILES string of the molecule is Nc1cccc(Br)c1Cn1ccc2ccccc2c1=O. The zero-order valence-electron chi connectivity index (χ0n) is 10.7. The van der Waals surface area contributed by atoms with Gasteiger partial charge in [0.25, 0.3) is 5.56 Å². The largest absolute Gasteiger partial charge is 0.398 e. The summed E-state index contributed by atoms with van der Waals surface area (Å²) >= 11 is 3.48. The van der Waals surface area contributed by atoms with Gasteiger partial charge in [-0.15, -0.1) is 0 Å². The number of anilines is 1. The quantitative estimate of drug-likeness (QED) is 0.733. The van der Waals surface area contributed by atoms with E-state index in [2.05, 4.69) is 15.9 Å². The van der Waals surface area contributed by atoms with Crippen molar-refractivity contribution in [1.82, 2.24) is 4.57 Å². The van der Waals surface area contributed by atoms with Gasteiger partial charge in [-0.25, -0.2) is 0 Å². The summed E-state index contributed by atoms with van der Waals surface area (Å²) in [6.07, 6.45) is 1.81. The van der Waals surface area contributed by atoms with Gasteiger partial charge in [0.1, 0.15) is 0 Å². The normalized spacial score (nSPS) is 10.8. The Morgan fingerprint density at radius 1 is 1.05 bits per heavy atom. The minimum atomic E-state index is -0.00162. The van der Waals surface area contributed by atoms with Crippen molar-refractivity contribution < 1.29 is 0 Å². The molecule has 20 heavy (non-hydrogen) atoms. The van der Waals surface area contributed by atoms with Gasteiger partial charge in [0.15, 0.2) is 0 Å². The summed E-state index contributed by atoms with van der Waals surface area (Å²) in [6, 6.07) is 15.2. The Labute approximate surface area is 124 Å². The number of hydrogen-bond acceptors (Lipinski definition) is 2. The van der Waals surface area contributed by atoms with Gasteiger partial charge in [-0.05, 0) is 29.7 Å². The van der Waals surface area contributed by atoms with E-state index in [0.717, 1.165) is 20.8 Å². The molecule has 0 aliphatic carbocycles. The van der Waals surface area contributed by atoms with E-state index >= 15 is 0 Å². The molecule has 0 spiro atoms. The van der Waals surface area contributed by atoms with Gasteiger partial charge in [-0.1, -0.05) is 40.2 Å². The number of benzene rings is 2. The molecule has 0 radical (unpaired) electrons. The van der Waals surface area contributed by atoms with E-state index in [-0.39, 0.29) is 5.56 Å². The summed E-state index contributed by atoms with van der Waals surface area (Å²) in [5.74, 6) is 0. The number of halogens is 1. The van der Waals surface area contributed by atoms with Gasteiger partial charge >= 0.3 is 0 Å². The van der Waals surface area contributed by atoms with E-state index < -0.39 is 0 Å². The van der Waals surface area contributed by atoms with Gasteiger partial charge in [0.05, 0.1) is 6.54 Å². The summed E-state index contributed by atoms with van der Waals surface area (Å²) < 4.78 is 2.59. The predicted octanol–water partition coefficient (Wildman–Crippen LogP) is 3.39. The van der Waals surface area contributed by atoms with Gasteiger partial charge < -0.3 is 10.3 Å². The maximum atomic E-state index is 12.5. The van der Waals surface area contributed by atoms with Crippen LogP contribution in [0.15, 0.2) is 64.0 Å². The highest BCUT2D eigenvalue weighted by Gasteiger charge is 2.07. The van der Waals surface area contributed by atoms with Crippen molar-refractivity contribution >= 4 is 32.4 Å². The third kappa shape index (κ3) is 2.23. The van der Waals surface area contributed by atoms with Crippen LogP contribution in [0.1, 0.15) is 5.56 Å². The molecular formula is C16H13BrN2O. The molecule has 0 saturated heterocycles. The number of aromatic nitrogens is 1. The van der Waals surface area contributed by atoms with Crippen molar-refractivity contribution in [1.29, 1.82) is 0 Å². The fraction of sp³-hybridized carbons (Fsp3) is 0.0625. The molecule has 0 amide bonds. The molecule has 0 bridgehead atoms. The second-order valence-electron chi connectivity index (χ2n) is 4.64. The summed E-state index contributed by atoms with van der Waals surface area (Å²) in [7, 11) is 0.